The fraction of sp³-hybridized carbons (Fsp3) is 0.222. The standard InChI is InChI=1S/C18H20N4O4/c1-3-21(4-2)14-11-9-13(10-12-14)19-17(23)18(24)20-15-7-5-6-8-16(15)22(25)26/h5-12H,3-4H2,1-2H3,(H,19,23)(H,20,24). The summed E-state index contributed by atoms with van der Waals surface area (Å²) in [6.07, 6.45) is 0. The minimum atomic E-state index is -0.980. The molecule has 136 valence electrons. The van der Waals surface area contributed by atoms with E-state index in [2.05, 4.69) is 15.5 Å². The molecule has 2 N–H and O–H groups in total. The van der Waals surface area contributed by atoms with Gasteiger partial charge in [0.25, 0.3) is 5.69 Å². The molecule has 0 aliphatic heterocycles. The van der Waals surface area contributed by atoms with Crippen molar-refractivity contribution in [2.45, 2.75) is 13.8 Å². The first-order valence-electron chi connectivity index (χ1n) is 8.17. The molecule has 0 saturated heterocycles. The summed E-state index contributed by atoms with van der Waals surface area (Å²) in [7, 11) is 0. The van der Waals surface area contributed by atoms with Crippen LogP contribution in [0.4, 0.5) is 22.7 Å². The number of anilines is 3. The maximum Gasteiger partial charge on any atom is 0.314 e. The first-order chi connectivity index (χ1) is 12.5. The van der Waals surface area contributed by atoms with E-state index in [1.54, 1.807) is 12.1 Å². The lowest BCUT2D eigenvalue weighted by Crippen LogP contribution is -2.29. The van der Waals surface area contributed by atoms with E-state index in [1.807, 2.05) is 26.0 Å². The van der Waals surface area contributed by atoms with Crippen molar-refractivity contribution in [3.63, 3.8) is 0 Å². The van der Waals surface area contributed by atoms with Crippen LogP contribution >= 0.6 is 0 Å². The van der Waals surface area contributed by atoms with Gasteiger partial charge in [-0.3, -0.25) is 19.7 Å². The number of hydrogen-bond acceptors (Lipinski definition) is 5. The van der Waals surface area contributed by atoms with Gasteiger partial charge in [0.1, 0.15) is 5.69 Å². The average Bonchev–Trinajstić information content (AvgIpc) is 2.64. The third-order valence-electron chi connectivity index (χ3n) is 3.81. The zero-order chi connectivity index (χ0) is 19.1. The molecule has 2 aromatic rings. The van der Waals surface area contributed by atoms with E-state index in [9.17, 15) is 19.7 Å². The second kappa shape index (κ2) is 8.61. The molecule has 0 saturated carbocycles. The lowest BCUT2D eigenvalue weighted by atomic mass is 10.2. The van der Waals surface area contributed by atoms with Crippen molar-refractivity contribution in [3.8, 4) is 0 Å². The van der Waals surface area contributed by atoms with Crippen LogP contribution in [0, 0.1) is 10.1 Å². The zero-order valence-electron chi connectivity index (χ0n) is 14.6. The highest BCUT2D eigenvalue weighted by molar-refractivity contribution is 6.43. The average molecular weight is 356 g/mol. The molecule has 0 radical (unpaired) electrons. The molecule has 0 spiro atoms. The van der Waals surface area contributed by atoms with Crippen molar-refractivity contribution >= 4 is 34.6 Å². The Kier molecular flexibility index (Phi) is 6.26. The maximum absolute atomic E-state index is 12.0. The Bertz CT molecular complexity index is 801. The Labute approximate surface area is 151 Å². The van der Waals surface area contributed by atoms with Crippen molar-refractivity contribution in [2.75, 3.05) is 28.6 Å². The monoisotopic (exact) mass is 356 g/mol. The number of hydrogen-bond donors (Lipinski definition) is 2. The molecule has 2 aromatic carbocycles. The van der Waals surface area contributed by atoms with Gasteiger partial charge in [-0.05, 0) is 44.2 Å². The van der Waals surface area contributed by atoms with Crippen LogP contribution in [0.1, 0.15) is 13.8 Å². The summed E-state index contributed by atoms with van der Waals surface area (Å²) in [6.45, 7) is 5.82. The molecule has 0 bridgehead atoms. The van der Waals surface area contributed by atoms with E-state index in [-0.39, 0.29) is 11.4 Å². The molecule has 26 heavy (non-hydrogen) atoms. The molecule has 0 atom stereocenters. The van der Waals surface area contributed by atoms with E-state index in [0.29, 0.717) is 5.69 Å². The second-order valence-electron chi connectivity index (χ2n) is 5.40. The van der Waals surface area contributed by atoms with E-state index in [1.165, 1.54) is 24.3 Å². The third kappa shape index (κ3) is 4.56. The van der Waals surface area contributed by atoms with Gasteiger partial charge in [-0.1, -0.05) is 12.1 Å². The highest BCUT2D eigenvalue weighted by atomic mass is 16.6. The highest BCUT2D eigenvalue weighted by Crippen LogP contribution is 2.23. The highest BCUT2D eigenvalue weighted by Gasteiger charge is 2.19. The van der Waals surface area contributed by atoms with Gasteiger partial charge in [-0.15, -0.1) is 0 Å². The molecule has 0 unspecified atom stereocenters. The number of rotatable bonds is 6. The molecule has 8 heteroatoms. The van der Waals surface area contributed by atoms with Gasteiger partial charge in [0.15, 0.2) is 0 Å². The number of nitrogens with one attached hydrogen (secondary N) is 2. The van der Waals surface area contributed by atoms with Crippen LogP contribution in [0.2, 0.25) is 0 Å². The first-order valence-corrected chi connectivity index (χ1v) is 8.17. The van der Waals surface area contributed by atoms with Gasteiger partial charge in [0, 0.05) is 30.5 Å². The molecule has 0 fully saturated rings. The van der Waals surface area contributed by atoms with Gasteiger partial charge in [0.05, 0.1) is 4.92 Å². The smallest absolute Gasteiger partial charge is 0.314 e. The summed E-state index contributed by atoms with van der Waals surface area (Å²) in [5.41, 5.74) is 1.16. The number of para-hydroxylation sites is 2. The summed E-state index contributed by atoms with van der Waals surface area (Å²) in [6, 6.07) is 12.7. The van der Waals surface area contributed by atoms with Crippen molar-refractivity contribution in [2.24, 2.45) is 0 Å². The Balaban J connectivity index is 2.04. The Morgan fingerprint density at radius 2 is 1.54 bits per heavy atom. The summed E-state index contributed by atoms with van der Waals surface area (Å²) in [5, 5.41) is 15.7. The quantitative estimate of drug-likeness (QED) is 0.470. The third-order valence-corrected chi connectivity index (χ3v) is 3.81. The molecule has 0 aromatic heterocycles. The SMILES string of the molecule is CCN(CC)c1ccc(NC(=O)C(=O)Nc2ccccc2[N+](=O)[O-])cc1. The van der Waals surface area contributed by atoms with Gasteiger partial charge in [-0.2, -0.15) is 0 Å². The molecular formula is C18H20N4O4. The predicted molar refractivity (Wildman–Crippen MR) is 100 cm³/mol. The van der Waals surface area contributed by atoms with Crippen LogP contribution in [0.15, 0.2) is 48.5 Å². The van der Waals surface area contributed by atoms with Crippen LogP contribution in [0.25, 0.3) is 0 Å². The molecule has 0 aliphatic rings. The molecule has 2 rings (SSSR count). The zero-order valence-corrected chi connectivity index (χ0v) is 14.6. The number of nitro benzene ring substituents is 1. The Morgan fingerprint density at radius 1 is 0.962 bits per heavy atom. The molecule has 8 nitrogen and oxygen atoms in total. The minimum absolute atomic E-state index is 0.0328. The Morgan fingerprint density at radius 3 is 2.12 bits per heavy atom. The van der Waals surface area contributed by atoms with Crippen molar-refractivity contribution < 1.29 is 14.5 Å². The molecule has 2 amide bonds. The molecule has 0 aliphatic carbocycles. The fourth-order valence-electron chi connectivity index (χ4n) is 2.45. The number of nitro groups is 1. The Hall–Kier alpha value is -3.42. The summed E-state index contributed by atoms with van der Waals surface area (Å²) >= 11 is 0. The van der Waals surface area contributed by atoms with Crippen LogP contribution in [0.3, 0.4) is 0 Å². The van der Waals surface area contributed by atoms with Crippen LogP contribution < -0.4 is 15.5 Å². The number of carbonyl (C=O) groups excluding carboxylic acids is 2. The van der Waals surface area contributed by atoms with Gasteiger partial charge in [-0.25, -0.2) is 0 Å². The maximum atomic E-state index is 12.0. The van der Waals surface area contributed by atoms with Gasteiger partial charge < -0.3 is 15.5 Å². The number of amides is 2. The van der Waals surface area contributed by atoms with Crippen molar-refractivity contribution in [1.82, 2.24) is 0 Å². The number of benzene rings is 2. The largest absolute Gasteiger partial charge is 0.372 e. The van der Waals surface area contributed by atoms with Gasteiger partial charge in [0.2, 0.25) is 0 Å². The van der Waals surface area contributed by atoms with Crippen LogP contribution in [-0.4, -0.2) is 29.8 Å². The lowest BCUT2D eigenvalue weighted by molar-refractivity contribution is -0.383. The first kappa shape index (κ1) is 18.9. The fourth-order valence-corrected chi connectivity index (χ4v) is 2.45. The number of nitrogens with zero attached hydrogens (tertiary/aromatic N) is 2. The van der Waals surface area contributed by atoms with E-state index < -0.39 is 16.7 Å². The van der Waals surface area contributed by atoms with E-state index in [4.69, 9.17) is 0 Å². The summed E-state index contributed by atoms with van der Waals surface area (Å²) < 4.78 is 0. The van der Waals surface area contributed by atoms with E-state index >= 15 is 0 Å². The normalized spacial score (nSPS) is 10.1. The summed E-state index contributed by atoms with van der Waals surface area (Å²) in [5.74, 6) is -1.88. The molecule has 0 heterocycles. The molecular weight excluding hydrogens is 336 g/mol. The number of carbonyl (C=O) groups is 2. The summed E-state index contributed by atoms with van der Waals surface area (Å²) in [4.78, 5) is 36.5. The second-order valence-corrected chi connectivity index (χ2v) is 5.40. The lowest BCUT2D eigenvalue weighted by Gasteiger charge is -2.21. The van der Waals surface area contributed by atoms with E-state index in [0.717, 1.165) is 18.8 Å². The van der Waals surface area contributed by atoms with Crippen LogP contribution in [0.5, 0.6) is 0 Å². The van der Waals surface area contributed by atoms with Crippen LogP contribution in [-0.2, 0) is 9.59 Å². The predicted octanol–water partition coefficient (Wildman–Crippen LogP) is 3.02. The van der Waals surface area contributed by atoms with Gasteiger partial charge >= 0.3 is 11.8 Å². The minimum Gasteiger partial charge on any atom is -0.372 e. The van der Waals surface area contributed by atoms with Crippen molar-refractivity contribution in [3.05, 3.63) is 58.6 Å². The topological polar surface area (TPSA) is 105 Å². The van der Waals surface area contributed by atoms with Crippen molar-refractivity contribution in [1.29, 1.82) is 0 Å².